The number of phenols is 1. The minimum Gasteiger partial charge on any atom is -0.508 e. The van der Waals surface area contributed by atoms with Crippen LogP contribution in [0.3, 0.4) is 0 Å². The second kappa shape index (κ2) is 17.0. The lowest BCUT2D eigenvalue weighted by Crippen LogP contribution is -2.60. The van der Waals surface area contributed by atoms with Gasteiger partial charge in [-0.3, -0.25) is 4.79 Å². The highest BCUT2D eigenvalue weighted by molar-refractivity contribution is 5.90. The van der Waals surface area contributed by atoms with Gasteiger partial charge in [0.05, 0.1) is 38.6 Å². The first-order valence-corrected chi connectivity index (χ1v) is 15.2. The summed E-state index contributed by atoms with van der Waals surface area (Å²) in [5.74, 6) is -2.69. The van der Waals surface area contributed by atoms with Crippen LogP contribution in [0.1, 0.15) is 18.9 Å². The molecule has 0 amide bonds. The van der Waals surface area contributed by atoms with Gasteiger partial charge in [-0.2, -0.15) is 0 Å². The number of hydrogen-bond donors (Lipinski definition) is 8. The molecule has 3 aliphatic rings. The Morgan fingerprint density at radius 2 is 1.50 bits per heavy atom. The van der Waals surface area contributed by atoms with E-state index in [-0.39, 0.29) is 23.5 Å². The highest BCUT2D eigenvalue weighted by atomic mass is 16.8. The van der Waals surface area contributed by atoms with Crippen LogP contribution in [0.5, 0.6) is 5.75 Å². The summed E-state index contributed by atoms with van der Waals surface area (Å²) in [6.45, 7) is 0.335. The molecule has 3 heterocycles. The van der Waals surface area contributed by atoms with E-state index in [4.69, 9.17) is 33.2 Å². The molecule has 0 radical (unpaired) electrons. The van der Waals surface area contributed by atoms with Gasteiger partial charge in [0.2, 0.25) is 6.29 Å². The Bertz CT molecular complexity index is 1280. The van der Waals surface area contributed by atoms with E-state index in [1.807, 2.05) is 0 Å². The zero-order chi connectivity index (χ0) is 35.1. The SMILES string of the molecule is CC=C1[C@H](O[C@@H]2O[C@H](CO)[C@@H](O)[C@H](O)[C@H]2O)OC=C(C(=O)OC)[C@@H]1CC(=O)OC[C@H]1O[C@@H](OCCc2ccc(O)cc2)[C@H](O)[C@@H](O)[C@@H]1O. The van der Waals surface area contributed by atoms with Gasteiger partial charge in [0.1, 0.15) is 61.2 Å². The number of esters is 2. The first-order chi connectivity index (χ1) is 22.9. The number of methoxy groups -OCH3 is 1. The molecule has 1 aromatic carbocycles. The Balaban J connectivity index is 1.39. The fraction of sp³-hybridized carbons (Fsp3) is 0.613. The van der Waals surface area contributed by atoms with Crippen LogP contribution in [0.15, 0.2) is 47.7 Å². The van der Waals surface area contributed by atoms with Gasteiger partial charge in [-0.05, 0) is 31.0 Å². The predicted molar refractivity (Wildman–Crippen MR) is 157 cm³/mol. The van der Waals surface area contributed by atoms with Crippen LogP contribution in [0.25, 0.3) is 0 Å². The van der Waals surface area contributed by atoms with Crippen molar-refractivity contribution in [3.63, 3.8) is 0 Å². The Labute approximate surface area is 275 Å². The average Bonchev–Trinajstić information content (AvgIpc) is 3.08. The summed E-state index contributed by atoms with van der Waals surface area (Å²) in [4.78, 5) is 25.7. The standard InChI is InChI=1S/C31H42O17/c1-3-16-17(18(28(41)42-2)12-45-29(16)48-31-27(40)24(37)22(35)19(11-32)46-31)10-21(34)44-13-20-23(36)25(38)26(39)30(47-20)43-9-8-14-4-6-15(33)7-5-14/h3-7,12,17,19-20,22-27,29-33,35-40H,8-11,13H2,1-2H3/t17-,19-,20-,22-,23-,24+,25+,26-,27-,29+,30-,31+/m1/s1. The molecule has 0 bridgehead atoms. The summed E-state index contributed by atoms with van der Waals surface area (Å²) in [5.41, 5.74) is 0.922. The second-order valence-electron chi connectivity index (χ2n) is 11.4. The molecule has 2 fully saturated rings. The summed E-state index contributed by atoms with van der Waals surface area (Å²) < 4.78 is 38.0. The van der Waals surface area contributed by atoms with Crippen LogP contribution in [0.2, 0.25) is 0 Å². The summed E-state index contributed by atoms with van der Waals surface area (Å²) in [7, 11) is 1.12. The summed E-state index contributed by atoms with van der Waals surface area (Å²) in [6.07, 6.45) is -14.6. The van der Waals surface area contributed by atoms with Crippen LogP contribution in [0.4, 0.5) is 0 Å². The lowest BCUT2D eigenvalue weighted by molar-refractivity contribution is -0.327. The molecule has 4 rings (SSSR count). The third kappa shape index (κ3) is 8.68. The van der Waals surface area contributed by atoms with E-state index in [0.717, 1.165) is 18.9 Å². The van der Waals surface area contributed by atoms with Crippen molar-refractivity contribution in [2.45, 2.75) is 87.5 Å². The maximum Gasteiger partial charge on any atom is 0.337 e. The largest absolute Gasteiger partial charge is 0.508 e. The quantitative estimate of drug-likeness (QED) is 0.0834. The number of aliphatic hydroxyl groups excluding tert-OH is 7. The molecule has 12 atom stereocenters. The van der Waals surface area contributed by atoms with Gasteiger partial charge in [0.15, 0.2) is 12.6 Å². The summed E-state index contributed by atoms with van der Waals surface area (Å²) in [5, 5.41) is 80.8. The lowest BCUT2D eigenvalue weighted by atomic mass is 9.86. The minimum atomic E-state index is -1.75. The highest BCUT2D eigenvalue weighted by Gasteiger charge is 2.48. The van der Waals surface area contributed by atoms with Crippen molar-refractivity contribution in [1.29, 1.82) is 0 Å². The van der Waals surface area contributed by atoms with Crippen LogP contribution < -0.4 is 0 Å². The second-order valence-corrected chi connectivity index (χ2v) is 11.4. The number of hydrogen-bond acceptors (Lipinski definition) is 17. The number of ether oxygens (including phenoxy) is 7. The first-order valence-electron chi connectivity index (χ1n) is 15.2. The van der Waals surface area contributed by atoms with Crippen molar-refractivity contribution < 1.29 is 83.6 Å². The smallest absolute Gasteiger partial charge is 0.337 e. The Kier molecular flexibility index (Phi) is 13.3. The number of allylic oxidation sites excluding steroid dienone is 1. The normalized spacial score (nSPS) is 36.2. The van der Waals surface area contributed by atoms with E-state index >= 15 is 0 Å². The molecular weight excluding hydrogens is 644 g/mol. The fourth-order valence-corrected chi connectivity index (χ4v) is 5.47. The molecule has 3 aliphatic heterocycles. The Morgan fingerprint density at radius 1 is 0.875 bits per heavy atom. The Morgan fingerprint density at radius 3 is 2.12 bits per heavy atom. The van der Waals surface area contributed by atoms with E-state index in [1.54, 1.807) is 19.1 Å². The Hall–Kier alpha value is -3.20. The maximum atomic E-state index is 13.1. The molecule has 1 aromatic rings. The van der Waals surface area contributed by atoms with Gasteiger partial charge in [0.25, 0.3) is 0 Å². The van der Waals surface area contributed by atoms with E-state index < -0.39 is 105 Å². The lowest BCUT2D eigenvalue weighted by Gasteiger charge is -2.42. The summed E-state index contributed by atoms with van der Waals surface area (Å²) >= 11 is 0. The van der Waals surface area contributed by atoms with Gasteiger partial charge >= 0.3 is 11.9 Å². The molecule has 0 unspecified atom stereocenters. The number of carbonyl (C=O) groups is 2. The van der Waals surface area contributed by atoms with Gasteiger partial charge in [-0.15, -0.1) is 0 Å². The molecule has 0 spiro atoms. The number of aliphatic hydroxyl groups is 7. The molecule has 8 N–H and O–H groups in total. The van der Waals surface area contributed by atoms with Crippen LogP contribution in [-0.2, 0) is 49.2 Å². The highest BCUT2D eigenvalue weighted by Crippen LogP contribution is 2.36. The zero-order valence-corrected chi connectivity index (χ0v) is 26.2. The van der Waals surface area contributed by atoms with Gasteiger partial charge < -0.3 is 74.0 Å². The van der Waals surface area contributed by atoms with Gasteiger partial charge in [-0.25, -0.2) is 4.79 Å². The number of carbonyl (C=O) groups excluding carboxylic acids is 2. The first kappa shape index (κ1) is 37.6. The molecule has 17 nitrogen and oxygen atoms in total. The number of benzene rings is 1. The molecule has 17 heteroatoms. The van der Waals surface area contributed by atoms with Crippen molar-refractivity contribution in [3.05, 3.63) is 53.3 Å². The van der Waals surface area contributed by atoms with E-state index in [9.17, 15) is 50.4 Å². The molecule has 2 saturated heterocycles. The van der Waals surface area contributed by atoms with Gasteiger partial charge in [0, 0.05) is 11.5 Å². The van der Waals surface area contributed by atoms with E-state index in [2.05, 4.69) is 0 Å². The molecule has 0 saturated carbocycles. The maximum absolute atomic E-state index is 13.1. The number of phenolic OH excluding ortho intramolecular Hbond substituents is 1. The van der Waals surface area contributed by atoms with Crippen molar-refractivity contribution >= 4 is 11.9 Å². The molecule has 0 aromatic heterocycles. The van der Waals surface area contributed by atoms with Crippen LogP contribution >= 0.6 is 0 Å². The van der Waals surface area contributed by atoms with Crippen molar-refractivity contribution in [1.82, 2.24) is 0 Å². The van der Waals surface area contributed by atoms with Crippen LogP contribution in [-0.4, -0.2) is 147 Å². The summed E-state index contributed by atoms with van der Waals surface area (Å²) in [6, 6.07) is 6.37. The number of aromatic hydroxyl groups is 1. The molecule has 48 heavy (non-hydrogen) atoms. The zero-order valence-electron chi connectivity index (χ0n) is 26.2. The van der Waals surface area contributed by atoms with Crippen molar-refractivity contribution in [3.8, 4) is 5.75 Å². The molecule has 268 valence electrons. The van der Waals surface area contributed by atoms with E-state index in [1.165, 1.54) is 18.2 Å². The molecular formula is C31H42O17. The van der Waals surface area contributed by atoms with Crippen LogP contribution in [0, 0.1) is 5.92 Å². The third-order valence-corrected chi connectivity index (χ3v) is 8.29. The number of rotatable bonds is 12. The molecule has 0 aliphatic carbocycles. The fourth-order valence-electron chi connectivity index (χ4n) is 5.47. The average molecular weight is 687 g/mol. The minimum absolute atomic E-state index is 0.0483. The topological polar surface area (TPSA) is 261 Å². The monoisotopic (exact) mass is 686 g/mol. The van der Waals surface area contributed by atoms with E-state index in [0.29, 0.717) is 6.42 Å². The van der Waals surface area contributed by atoms with Crippen molar-refractivity contribution in [2.24, 2.45) is 5.92 Å². The third-order valence-electron chi connectivity index (χ3n) is 8.29. The predicted octanol–water partition coefficient (Wildman–Crippen LogP) is -2.52. The van der Waals surface area contributed by atoms with Gasteiger partial charge in [-0.1, -0.05) is 18.2 Å². The van der Waals surface area contributed by atoms with Crippen molar-refractivity contribution in [2.75, 3.05) is 26.9 Å².